The molecule has 0 N–H and O–H groups in total. The summed E-state index contributed by atoms with van der Waals surface area (Å²) in [6, 6.07) is 7.70. The molecule has 118 valence electrons. The Balaban J connectivity index is 1.91. The fraction of sp³-hybridized carbons (Fsp3) is 0.524. The highest BCUT2D eigenvalue weighted by Gasteiger charge is 2.38. The van der Waals surface area contributed by atoms with Gasteiger partial charge in [0.2, 0.25) is 0 Å². The first-order valence-electron chi connectivity index (χ1n) is 8.97. The predicted octanol–water partition coefficient (Wildman–Crippen LogP) is 5.47. The number of rotatable bonds is 5. The Kier molecular flexibility index (Phi) is 4.71. The molecule has 1 heteroatoms. The van der Waals surface area contributed by atoms with Gasteiger partial charge < -0.3 is 4.90 Å². The van der Waals surface area contributed by atoms with E-state index in [0.717, 1.165) is 13.0 Å². The maximum Gasteiger partial charge on any atom is 0.0546 e. The van der Waals surface area contributed by atoms with Crippen LogP contribution in [0.4, 0.5) is 5.69 Å². The average Bonchev–Trinajstić information content (AvgIpc) is 2.84. The third kappa shape index (κ3) is 2.86. The molecule has 0 saturated heterocycles. The fourth-order valence-electron chi connectivity index (χ4n) is 3.92. The zero-order valence-corrected chi connectivity index (χ0v) is 14.3. The maximum absolute atomic E-state index is 2.61. The number of allylic oxidation sites excluding steroid dienone is 2. The highest BCUT2D eigenvalue weighted by atomic mass is 15.2. The lowest BCUT2D eigenvalue weighted by atomic mass is 9.81. The van der Waals surface area contributed by atoms with E-state index in [1.807, 2.05) is 0 Å². The van der Waals surface area contributed by atoms with Gasteiger partial charge in [0, 0.05) is 18.2 Å². The lowest BCUT2D eigenvalue weighted by Crippen LogP contribution is -2.34. The summed E-state index contributed by atoms with van der Waals surface area (Å²) in [4.78, 5) is 2.61. The quantitative estimate of drug-likeness (QED) is 0.651. The number of fused-ring (bicyclic) bond motifs is 3. The summed E-state index contributed by atoms with van der Waals surface area (Å²) in [5, 5.41) is 0. The van der Waals surface area contributed by atoms with Gasteiger partial charge in [-0.05, 0) is 42.4 Å². The highest BCUT2D eigenvalue weighted by molar-refractivity contribution is 5.65. The lowest BCUT2D eigenvalue weighted by molar-refractivity contribution is 0.480. The minimum atomic E-state index is 0.560. The summed E-state index contributed by atoms with van der Waals surface area (Å²) < 4.78 is 0. The van der Waals surface area contributed by atoms with Gasteiger partial charge in [0.05, 0.1) is 6.04 Å². The number of anilines is 1. The normalized spacial score (nSPS) is 26.5. The Hall–Kier alpha value is -1.50. The van der Waals surface area contributed by atoms with Crippen molar-refractivity contribution in [1.29, 1.82) is 0 Å². The molecule has 1 heterocycles. The van der Waals surface area contributed by atoms with Crippen molar-refractivity contribution in [1.82, 2.24) is 0 Å². The Morgan fingerprint density at radius 3 is 2.82 bits per heavy atom. The van der Waals surface area contributed by atoms with Crippen LogP contribution in [-0.2, 0) is 6.42 Å². The van der Waals surface area contributed by atoms with Gasteiger partial charge in [0.25, 0.3) is 0 Å². The van der Waals surface area contributed by atoms with Crippen molar-refractivity contribution >= 4 is 5.69 Å². The first kappa shape index (κ1) is 15.4. The summed E-state index contributed by atoms with van der Waals surface area (Å²) >= 11 is 0. The van der Waals surface area contributed by atoms with Crippen LogP contribution in [0.1, 0.15) is 57.1 Å². The van der Waals surface area contributed by atoms with Crippen LogP contribution in [0.25, 0.3) is 0 Å². The van der Waals surface area contributed by atoms with Gasteiger partial charge in [-0.15, -0.1) is 0 Å². The van der Waals surface area contributed by atoms with Crippen molar-refractivity contribution in [3.05, 3.63) is 53.6 Å². The summed E-state index contributed by atoms with van der Waals surface area (Å²) in [5.41, 5.74) is 4.53. The van der Waals surface area contributed by atoms with Crippen LogP contribution in [0.2, 0.25) is 0 Å². The van der Waals surface area contributed by atoms with E-state index >= 15 is 0 Å². The SMILES string of the molecule is CCCC=CCN1c2ccc(CC)cc2C2CC(C)C=CC21. The molecule has 0 fully saturated rings. The van der Waals surface area contributed by atoms with Crippen molar-refractivity contribution in [2.24, 2.45) is 5.92 Å². The molecule has 3 unspecified atom stereocenters. The number of hydrogen-bond acceptors (Lipinski definition) is 1. The van der Waals surface area contributed by atoms with E-state index < -0.39 is 0 Å². The molecule has 1 aliphatic carbocycles. The molecule has 1 nitrogen and oxygen atoms in total. The lowest BCUT2D eigenvalue weighted by Gasteiger charge is -2.31. The third-order valence-electron chi connectivity index (χ3n) is 5.17. The van der Waals surface area contributed by atoms with Crippen molar-refractivity contribution in [2.45, 2.75) is 58.4 Å². The Morgan fingerprint density at radius 2 is 2.05 bits per heavy atom. The second kappa shape index (κ2) is 6.73. The Bertz CT molecular complexity index is 569. The van der Waals surface area contributed by atoms with E-state index in [2.05, 4.69) is 68.2 Å². The van der Waals surface area contributed by atoms with Crippen LogP contribution in [0, 0.1) is 5.92 Å². The number of aryl methyl sites for hydroxylation is 1. The van der Waals surface area contributed by atoms with Gasteiger partial charge in [0.15, 0.2) is 0 Å². The van der Waals surface area contributed by atoms with Gasteiger partial charge in [-0.3, -0.25) is 0 Å². The molecular weight excluding hydrogens is 266 g/mol. The molecule has 3 atom stereocenters. The van der Waals surface area contributed by atoms with Crippen molar-refractivity contribution in [3.63, 3.8) is 0 Å². The molecule has 0 aromatic heterocycles. The number of hydrogen-bond donors (Lipinski definition) is 0. The van der Waals surface area contributed by atoms with Gasteiger partial charge >= 0.3 is 0 Å². The molecule has 1 aromatic carbocycles. The van der Waals surface area contributed by atoms with E-state index in [4.69, 9.17) is 0 Å². The molecular formula is C21H29N. The van der Waals surface area contributed by atoms with E-state index in [9.17, 15) is 0 Å². The fourth-order valence-corrected chi connectivity index (χ4v) is 3.92. The van der Waals surface area contributed by atoms with Crippen LogP contribution < -0.4 is 4.90 Å². The first-order valence-corrected chi connectivity index (χ1v) is 8.97. The van der Waals surface area contributed by atoms with Gasteiger partial charge in [-0.2, -0.15) is 0 Å². The van der Waals surface area contributed by atoms with Gasteiger partial charge in [-0.1, -0.05) is 63.6 Å². The number of unbranched alkanes of at least 4 members (excludes halogenated alkanes) is 1. The summed E-state index contributed by atoms with van der Waals surface area (Å²) in [7, 11) is 0. The molecule has 3 rings (SSSR count). The van der Waals surface area contributed by atoms with E-state index in [1.165, 1.54) is 30.5 Å². The Morgan fingerprint density at radius 1 is 1.18 bits per heavy atom. The molecule has 1 aliphatic heterocycles. The number of nitrogens with zero attached hydrogens (tertiary/aromatic N) is 1. The third-order valence-corrected chi connectivity index (χ3v) is 5.17. The van der Waals surface area contributed by atoms with Crippen molar-refractivity contribution < 1.29 is 0 Å². The molecule has 2 aliphatic rings. The molecule has 1 aromatic rings. The minimum absolute atomic E-state index is 0.560. The Labute approximate surface area is 135 Å². The van der Waals surface area contributed by atoms with Crippen molar-refractivity contribution in [2.75, 3.05) is 11.4 Å². The van der Waals surface area contributed by atoms with E-state index in [-0.39, 0.29) is 0 Å². The van der Waals surface area contributed by atoms with Gasteiger partial charge in [0.1, 0.15) is 0 Å². The summed E-state index contributed by atoms with van der Waals surface area (Å²) in [6.07, 6.45) is 14.4. The van der Waals surface area contributed by atoms with Crippen LogP contribution in [0.15, 0.2) is 42.5 Å². The maximum atomic E-state index is 2.61. The van der Waals surface area contributed by atoms with Gasteiger partial charge in [-0.25, -0.2) is 0 Å². The largest absolute Gasteiger partial charge is 0.361 e. The molecule has 0 spiro atoms. The smallest absolute Gasteiger partial charge is 0.0546 e. The van der Waals surface area contributed by atoms with Crippen LogP contribution in [0.3, 0.4) is 0 Å². The molecule has 0 amide bonds. The molecule has 0 bridgehead atoms. The summed E-state index contributed by atoms with van der Waals surface area (Å²) in [5.74, 6) is 1.39. The highest BCUT2D eigenvalue weighted by Crippen LogP contribution is 2.47. The summed E-state index contributed by atoms with van der Waals surface area (Å²) in [6.45, 7) is 7.88. The monoisotopic (exact) mass is 295 g/mol. The number of benzene rings is 1. The first-order chi connectivity index (χ1) is 10.7. The average molecular weight is 295 g/mol. The van der Waals surface area contributed by atoms with E-state index in [0.29, 0.717) is 17.9 Å². The van der Waals surface area contributed by atoms with E-state index in [1.54, 1.807) is 5.56 Å². The topological polar surface area (TPSA) is 3.24 Å². The zero-order valence-electron chi connectivity index (χ0n) is 14.3. The van der Waals surface area contributed by atoms with Crippen LogP contribution >= 0.6 is 0 Å². The molecule has 0 saturated carbocycles. The second-order valence-corrected chi connectivity index (χ2v) is 6.85. The second-order valence-electron chi connectivity index (χ2n) is 6.85. The van der Waals surface area contributed by atoms with Crippen LogP contribution in [-0.4, -0.2) is 12.6 Å². The van der Waals surface area contributed by atoms with Crippen LogP contribution in [0.5, 0.6) is 0 Å². The zero-order chi connectivity index (χ0) is 15.5. The minimum Gasteiger partial charge on any atom is -0.361 e. The van der Waals surface area contributed by atoms with Crippen molar-refractivity contribution in [3.8, 4) is 0 Å². The standard InChI is InChI=1S/C21H29N/c1-4-6-7-8-13-22-20-11-9-16(3)14-18(20)19-15-17(5-2)10-12-21(19)22/h7-12,15-16,18,20H,4-6,13-14H2,1-3H3. The molecule has 22 heavy (non-hydrogen) atoms. The molecule has 0 radical (unpaired) electrons. The predicted molar refractivity (Wildman–Crippen MR) is 96.7 cm³/mol.